The second-order valence-corrected chi connectivity index (χ2v) is 9.09. The summed E-state index contributed by atoms with van der Waals surface area (Å²) in [5.74, 6) is 0. The zero-order chi connectivity index (χ0) is 19.6. The fourth-order valence-corrected chi connectivity index (χ4v) is 5.12. The topological polar surface area (TPSA) is 49.4 Å². The number of aryl methyl sites for hydroxylation is 2. The van der Waals surface area contributed by atoms with Crippen LogP contribution in [0, 0.1) is 6.92 Å². The Balaban J connectivity index is 1.63. The summed E-state index contributed by atoms with van der Waals surface area (Å²) in [4.78, 5) is 0.330. The number of para-hydroxylation sites is 2. The highest BCUT2D eigenvalue weighted by atomic mass is 32.2. The van der Waals surface area contributed by atoms with Crippen LogP contribution in [-0.2, 0) is 16.4 Å². The molecule has 1 N–H and O–H groups in total. The summed E-state index contributed by atoms with van der Waals surface area (Å²) in [6.07, 6.45) is 1.76. The molecule has 0 unspecified atom stereocenters. The van der Waals surface area contributed by atoms with Crippen LogP contribution in [0.1, 0.15) is 17.5 Å². The van der Waals surface area contributed by atoms with Crippen molar-refractivity contribution in [2.75, 3.05) is 16.2 Å². The van der Waals surface area contributed by atoms with Gasteiger partial charge in [-0.15, -0.1) is 0 Å². The fourth-order valence-electron chi connectivity index (χ4n) is 3.59. The Labute approximate surface area is 166 Å². The smallest absolute Gasteiger partial charge is 0.264 e. The van der Waals surface area contributed by atoms with E-state index in [1.807, 2.05) is 61.5 Å². The van der Waals surface area contributed by atoms with Gasteiger partial charge in [0.1, 0.15) is 0 Å². The first-order chi connectivity index (χ1) is 13.5. The van der Waals surface area contributed by atoms with E-state index in [0.29, 0.717) is 17.1 Å². The first-order valence-electron chi connectivity index (χ1n) is 9.53. The van der Waals surface area contributed by atoms with Gasteiger partial charge in [-0.2, -0.15) is 0 Å². The largest absolute Gasteiger partial charge is 0.379 e. The predicted molar refractivity (Wildman–Crippen MR) is 114 cm³/mol. The molecule has 0 bridgehead atoms. The number of fused-ring (bicyclic) bond motifs is 1. The highest BCUT2D eigenvalue weighted by Gasteiger charge is 2.32. The van der Waals surface area contributed by atoms with Crippen LogP contribution in [-0.4, -0.2) is 21.0 Å². The molecule has 0 radical (unpaired) electrons. The van der Waals surface area contributed by atoms with Gasteiger partial charge in [-0.05, 0) is 49.6 Å². The van der Waals surface area contributed by atoms with Gasteiger partial charge < -0.3 is 5.32 Å². The molecule has 144 valence electrons. The molecule has 0 spiro atoms. The molecular formula is C23H24N2O2S. The van der Waals surface area contributed by atoms with Crippen molar-refractivity contribution >= 4 is 21.4 Å². The summed E-state index contributed by atoms with van der Waals surface area (Å²) in [5, 5.41) is 3.52. The van der Waals surface area contributed by atoms with Crippen molar-refractivity contribution in [3.63, 3.8) is 0 Å². The van der Waals surface area contributed by atoms with Gasteiger partial charge in [-0.25, -0.2) is 8.42 Å². The molecule has 1 atom stereocenters. The quantitative estimate of drug-likeness (QED) is 0.689. The monoisotopic (exact) mass is 392 g/mol. The van der Waals surface area contributed by atoms with E-state index in [1.54, 1.807) is 16.4 Å². The van der Waals surface area contributed by atoms with Crippen molar-refractivity contribution in [2.45, 2.75) is 30.7 Å². The van der Waals surface area contributed by atoms with Crippen LogP contribution >= 0.6 is 0 Å². The normalized spacial score (nSPS) is 16.3. The van der Waals surface area contributed by atoms with Crippen molar-refractivity contribution in [1.82, 2.24) is 0 Å². The molecular weight excluding hydrogens is 368 g/mol. The average molecular weight is 393 g/mol. The maximum absolute atomic E-state index is 13.4. The number of hydrogen-bond donors (Lipinski definition) is 1. The minimum atomic E-state index is -3.61. The van der Waals surface area contributed by atoms with Crippen molar-refractivity contribution in [1.29, 1.82) is 0 Å². The lowest BCUT2D eigenvalue weighted by Crippen LogP contribution is -2.44. The third-order valence-corrected chi connectivity index (χ3v) is 6.95. The number of rotatable bonds is 5. The molecule has 0 fully saturated rings. The van der Waals surface area contributed by atoms with E-state index in [4.69, 9.17) is 0 Å². The van der Waals surface area contributed by atoms with Crippen LogP contribution in [0.5, 0.6) is 0 Å². The Bertz CT molecular complexity index is 1050. The third-order valence-electron chi connectivity index (χ3n) is 5.15. The molecule has 1 aliphatic heterocycles. The van der Waals surface area contributed by atoms with Gasteiger partial charge in [0, 0.05) is 6.04 Å². The van der Waals surface area contributed by atoms with Gasteiger partial charge in [-0.1, -0.05) is 60.2 Å². The van der Waals surface area contributed by atoms with E-state index in [0.717, 1.165) is 24.1 Å². The molecule has 4 rings (SSSR count). The van der Waals surface area contributed by atoms with E-state index >= 15 is 0 Å². The zero-order valence-corrected chi connectivity index (χ0v) is 16.7. The first kappa shape index (κ1) is 18.6. The standard InChI is InChI=1S/C23H24N2O2S/c1-18-11-15-21(16-12-18)28(26,27)25-17-20(14-13-19-7-3-2-4-8-19)24-22-9-5-6-10-23(22)25/h2-12,15-16,20,24H,13-14,17H2,1H3/t20-/m0/s1. The van der Waals surface area contributed by atoms with E-state index in [-0.39, 0.29) is 6.04 Å². The average Bonchev–Trinajstić information content (AvgIpc) is 2.72. The summed E-state index contributed by atoms with van der Waals surface area (Å²) >= 11 is 0. The van der Waals surface area contributed by atoms with Crippen molar-refractivity contribution in [2.24, 2.45) is 0 Å². The minimum absolute atomic E-state index is 0.0512. The molecule has 3 aromatic carbocycles. The van der Waals surface area contributed by atoms with Gasteiger partial charge in [0.25, 0.3) is 10.0 Å². The Morgan fingerprint density at radius 1 is 0.929 bits per heavy atom. The maximum atomic E-state index is 13.4. The maximum Gasteiger partial charge on any atom is 0.264 e. The fraction of sp³-hybridized carbons (Fsp3) is 0.217. The second-order valence-electron chi connectivity index (χ2n) is 7.23. The molecule has 0 saturated heterocycles. The van der Waals surface area contributed by atoms with Crippen LogP contribution < -0.4 is 9.62 Å². The SMILES string of the molecule is Cc1ccc(S(=O)(=O)N2C[C@H](CCc3ccccc3)Nc3ccccc32)cc1. The van der Waals surface area contributed by atoms with Gasteiger partial charge >= 0.3 is 0 Å². The molecule has 0 amide bonds. The zero-order valence-electron chi connectivity index (χ0n) is 15.9. The summed E-state index contributed by atoms with van der Waals surface area (Å²) in [6, 6.07) is 25.0. The summed E-state index contributed by atoms with van der Waals surface area (Å²) in [7, 11) is -3.61. The molecule has 5 heteroatoms. The number of sulfonamides is 1. The molecule has 0 aromatic heterocycles. The second kappa shape index (κ2) is 7.68. The van der Waals surface area contributed by atoms with Crippen molar-refractivity contribution in [3.8, 4) is 0 Å². The molecule has 0 aliphatic carbocycles. The van der Waals surface area contributed by atoms with E-state index < -0.39 is 10.0 Å². The Morgan fingerprint density at radius 2 is 1.61 bits per heavy atom. The predicted octanol–water partition coefficient (Wildman–Crippen LogP) is 4.62. The summed E-state index contributed by atoms with van der Waals surface area (Å²) in [6.45, 7) is 2.37. The molecule has 28 heavy (non-hydrogen) atoms. The number of hydrogen-bond acceptors (Lipinski definition) is 3. The van der Waals surface area contributed by atoms with Crippen LogP contribution in [0.3, 0.4) is 0 Å². The highest BCUT2D eigenvalue weighted by molar-refractivity contribution is 7.92. The Morgan fingerprint density at radius 3 is 2.36 bits per heavy atom. The molecule has 3 aromatic rings. The number of anilines is 2. The lowest BCUT2D eigenvalue weighted by molar-refractivity contribution is 0.578. The molecule has 1 heterocycles. The van der Waals surface area contributed by atoms with Crippen molar-refractivity contribution < 1.29 is 8.42 Å². The van der Waals surface area contributed by atoms with E-state index in [2.05, 4.69) is 17.4 Å². The number of nitrogens with one attached hydrogen (secondary N) is 1. The third kappa shape index (κ3) is 3.76. The van der Waals surface area contributed by atoms with Crippen LogP contribution in [0.25, 0.3) is 0 Å². The first-order valence-corrected chi connectivity index (χ1v) is 11.0. The summed E-state index contributed by atoms with van der Waals surface area (Å²) < 4.78 is 28.3. The van der Waals surface area contributed by atoms with Crippen LogP contribution in [0.15, 0.2) is 83.8 Å². The lowest BCUT2D eigenvalue weighted by Gasteiger charge is -2.36. The minimum Gasteiger partial charge on any atom is -0.379 e. The van der Waals surface area contributed by atoms with Crippen LogP contribution in [0.4, 0.5) is 11.4 Å². The van der Waals surface area contributed by atoms with E-state index in [1.165, 1.54) is 5.56 Å². The van der Waals surface area contributed by atoms with Gasteiger partial charge in [0.2, 0.25) is 0 Å². The lowest BCUT2D eigenvalue weighted by atomic mass is 10.0. The van der Waals surface area contributed by atoms with Gasteiger partial charge in [-0.3, -0.25) is 4.31 Å². The molecule has 0 saturated carbocycles. The number of benzene rings is 3. The van der Waals surface area contributed by atoms with Crippen molar-refractivity contribution in [3.05, 3.63) is 90.0 Å². The Hall–Kier alpha value is -2.79. The molecule has 1 aliphatic rings. The van der Waals surface area contributed by atoms with Gasteiger partial charge in [0.05, 0.1) is 22.8 Å². The van der Waals surface area contributed by atoms with E-state index in [9.17, 15) is 8.42 Å². The van der Waals surface area contributed by atoms with Gasteiger partial charge in [0.15, 0.2) is 0 Å². The Kier molecular flexibility index (Phi) is 5.09. The number of nitrogens with zero attached hydrogens (tertiary/aromatic N) is 1. The summed E-state index contributed by atoms with van der Waals surface area (Å²) in [5.41, 5.74) is 3.87. The van der Waals surface area contributed by atoms with Crippen LogP contribution in [0.2, 0.25) is 0 Å². The highest BCUT2D eigenvalue weighted by Crippen LogP contribution is 2.35. The molecule has 4 nitrogen and oxygen atoms in total.